The predicted octanol–water partition coefficient (Wildman–Crippen LogP) is 3.10. The van der Waals surface area contributed by atoms with Gasteiger partial charge in [0.25, 0.3) is 0 Å². The minimum atomic E-state index is -0.0128. The van der Waals surface area contributed by atoms with Crippen LogP contribution in [0.4, 0.5) is 5.69 Å². The molecular weight excluding hydrogens is 350 g/mol. The van der Waals surface area contributed by atoms with E-state index >= 15 is 0 Å². The lowest BCUT2D eigenvalue weighted by Gasteiger charge is -2.33. The Balaban J connectivity index is 1.46. The average Bonchev–Trinajstić information content (AvgIpc) is 2.70. The molecule has 0 spiro atoms. The molecule has 1 N–H and O–H groups in total. The van der Waals surface area contributed by atoms with E-state index in [0.717, 1.165) is 22.4 Å². The quantitative estimate of drug-likeness (QED) is 0.815. The zero-order chi connectivity index (χ0) is 19.9. The highest BCUT2D eigenvalue weighted by molar-refractivity contribution is 5.94. The Morgan fingerprint density at radius 3 is 2.21 bits per heavy atom. The van der Waals surface area contributed by atoms with E-state index in [-0.39, 0.29) is 11.8 Å². The number of nitrogens with one attached hydrogen (secondary N) is 1. The summed E-state index contributed by atoms with van der Waals surface area (Å²) in [5.41, 5.74) is 4.04. The van der Waals surface area contributed by atoms with Crippen molar-refractivity contribution in [3.8, 4) is 0 Å². The first-order valence-electron chi connectivity index (χ1n) is 9.63. The highest BCUT2D eigenvalue weighted by Crippen LogP contribution is 2.19. The molecule has 146 valence electrons. The van der Waals surface area contributed by atoms with Gasteiger partial charge in [-0.2, -0.15) is 0 Å². The second-order valence-corrected chi connectivity index (χ2v) is 7.16. The van der Waals surface area contributed by atoms with Crippen molar-refractivity contribution in [3.63, 3.8) is 0 Å². The number of benzene rings is 2. The zero-order valence-electron chi connectivity index (χ0n) is 16.5. The van der Waals surface area contributed by atoms with Crippen LogP contribution in [0.5, 0.6) is 0 Å². The number of amides is 2. The van der Waals surface area contributed by atoms with Gasteiger partial charge in [-0.3, -0.25) is 14.5 Å². The van der Waals surface area contributed by atoms with Gasteiger partial charge in [-0.15, -0.1) is 0 Å². The maximum absolute atomic E-state index is 12.4. The first-order chi connectivity index (χ1) is 13.5. The van der Waals surface area contributed by atoms with Crippen LogP contribution in [-0.4, -0.2) is 54.3 Å². The first-order valence-corrected chi connectivity index (χ1v) is 9.63. The van der Waals surface area contributed by atoms with Gasteiger partial charge >= 0.3 is 0 Å². The van der Waals surface area contributed by atoms with Gasteiger partial charge in [0.15, 0.2) is 0 Å². The van der Waals surface area contributed by atoms with Crippen LogP contribution in [0.1, 0.15) is 16.7 Å². The minimum Gasteiger partial charge on any atom is -0.337 e. The standard InChI is InChI=1S/C23H27N3O2/c1-18-7-6-8-19(2)23(18)24-21(27)17-25-13-15-26(16-14-25)22(28)12-11-20-9-4-3-5-10-20/h3-12H,13-17H2,1-2H3,(H,24,27). The molecule has 1 aliphatic rings. The maximum atomic E-state index is 12.4. The Bertz CT molecular complexity index is 833. The lowest BCUT2D eigenvalue weighted by Crippen LogP contribution is -2.50. The number of para-hydroxylation sites is 1. The number of piperazine rings is 1. The van der Waals surface area contributed by atoms with E-state index in [1.807, 2.05) is 73.4 Å². The molecule has 5 heteroatoms. The Morgan fingerprint density at radius 2 is 1.57 bits per heavy atom. The molecule has 1 heterocycles. The Kier molecular flexibility index (Phi) is 6.61. The van der Waals surface area contributed by atoms with E-state index < -0.39 is 0 Å². The largest absolute Gasteiger partial charge is 0.337 e. The summed E-state index contributed by atoms with van der Waals surface area (Å²) in [7, 11) is 0. The molecular formula is C23H27N3O2. The van der Waals surface area contributed by atoms with Crippen molar-refractivity contribution in [2.24, 2.45) is 0 Å². The van der Waals surface area contributed by atoms with Gasteiger partial charge in [0.2, 0.25) is 11.8 Å². The number of carbonyl (C=O) groups excluding carboxylic acids is 2. The highest BCUT2D eigenvalue weighted by atomic mass is 16.2. The summed E-state index contributed by atoms with van der Waals surface area (Å²) in [4.78, 5) is 28.7. The summed E-state index contributed by atoms with van der Waals surface area (Å²) in [6.07, 6.45) is 3.46. The molecule has 2 amide bonds. The summed E-state index contributed by atoms with van der Waals surface area (Å²) in [6, 6.07) is 15.8. The maximum Gasteiger partial charge on any atom is 0.246 e. The van der Waals surface area contributed by atoms with Crippen LogP contribution in [0.25, 0.3) is 6.08 Å². The Hall–Kier alpha value is -2.92. The van der Waals surface area contributed by atoms with Crippen molar-refractivity contribution in [1.82, 2.24) is 9.80 Å². The molecule has 1 aliphatic heterocycles. The molecule has 0 aromatic heterocycles. The molecule has 0 aliphatic carbocycles. The summed E-state index contributed by atoms with van der Waals surface area (Å²) in [6.45, 7) is 7.00. The van der Waals surface area contributed by atoms with Crippen LogP contribution in [0.15, 0.2) is 54.6 Å². The summed E-state index contributed by atoms with van der Waals surface area (Å²) in [5, 5.41) is 3.03. The number of nitrogens with zero attached hydrogens (tertiary/aromatic N) is 2. The number of aryl methyl sites for hydroxylation is 2. The Morgan fingerprint density at radius 1 is 0.929 bits per heavy atom. The average molecular weight is 377 g/mol. The normalized spacial score (nSPS) is 15.0. The van der Waals surface area contributed by atoms with E-state index in [1.165, 1.54) is 0 Å². The van der Waals surface area contributed by atoms with E-state index in [1.54, 1.807) is 6.08 Å². The van der Waals surface area contributed by atoms with E-state index in [4.69, 9.17) is 0 Å². The molecule has 2 aromatic rings. The third kappa shape index (κ3) is 5.30. The summed E-state index contributed by atoms with van der Waals surface area (Å²) in [5.74, 6) is 0.00430. The first kappa shape index (κ1) is 19.8. The second-order valence-electron chi connectivity index (χ2n) is 7.16. The van der Waals surface area contributed by atoms with Gasteiger partial charge in [-0.05, 0) is 36.6 Å². The van der Waals surface area contributed by atoms with Gasteiger partial charge in [0.05, 0.1) is 6.54 Å². The lowest BCUT2D eigenvalue weighted by atomic mass is 10.1. The minimum absolute atomic E-state index is 0.0128. The molecule has 0 bridgehead atoms. The van der Waals surface area contributed by atoms with E-state index in [9.17, 15) is 9.59 Å². The van der Waals surface area contributed by atoms with Crippen LogP contribution in [0.3, 0.4) is 0 Å². The Labute approximate surface area is 166 Å². The van der Waals surface area contributed by atoms with Crippen LogP contribution in [-0.2, 0) is 9.59 Å². The van der Waals surface area contributed by atoms with Crippen molar-refractivity contribution >= 4 is 23.6 Å². The number of rotatable bonds is 5. The molecule has 0 unspecified atom stereocenters. The SMILES string of the molecule is Cc1cccc(C)c1NC(=O)CN1CCN(C(=O)C=Cc2ccccc2)CC1. The molecule has 1 fully saturated rings. The van der Waals surface area contributed by atoms with Gasteiger partial charge in [-0.25, -0.2) is 0 Å². The van der Waals surface area contributed by atoms with Crippen LogP contribution in [0, 0.1) is 13.8 Å². The molecule has 3 rings (SSSR count). The van der Waals surface area contributed by atoms with Gasteiger partial charge in [0, 0.05) is 37.9 Å². The van der Waals surface area contributed by atoms with E-state index in [0.29, 0.717) is 32.7 Å². The number of hydrogen-bond acceptors (Lipinski definition) is 3. The lowest BCUT2D eigenvalue weighted by molar-refractivity contribution is -0.127. The monoisotopic (exact) mass is 377 g/mol. The fourth-order valence-electron chi connectivity index (χ4n) is 3.36. The smallest absolute Gasteiger partial charge is 0.246 e. The van der Waals surface area contributed by atoms with Crippen molar-refractivity contribution < 1.29 is 9.59 Å². The van der Waals surface area contributed by atoms with E-state index in [2.05, 4.69) is 10.2 Å². The third-order valence-corrected chi connectivity index (χ3v) is 5.01. The van der Waals surface area contributed by atoms with Crippen LogP contribution < -0.4 is 5.32 Å². The van der Waals surface area contributed by atoms with Crippen molar-refractivity contribution in [2.45, 2.75) is 13.8 Å². The third-order valence-electron chi connectivity index (χ3n) is 5.01. The highest BCUT2D eigenvalue weighted by Gasteiger charge is 2.21. The second kappa shape index (κ2) is 9.33. The molecule has 28 heavy (non-hydrogen) atoms. The molecule has 2 aromatic carbocycles. The van der Waals surface area contributed by atoms with Crippen molar-refractivity contribution in [1.29, 1.82) is 0 Å². The predicted molar refractivity (Wildman–Crippen MR) is 113 cm³/mol. The van der Waals surface area contributed by atoms with Crippen molar-refractivity contribution in [3.05, 3.63) is 71.3 Å². The van der Waals surface area contributed by atoms with Gasteiger partial charge in [0.1, 0.15) is 0 Å². The molecule has 1 saturated heterocycles. The topological polar surface area (TPSA) is 52.7 Å². The fourth-order valence-corrected chi connectivity index (χ4v) is 3.36. The fraction of sp³-hybridized carbons (Fsp3) is 0.304. The molecule has 5 nitrogen and oxygen atoms in total. The summed E-state index contributed by atoms with van der Waals surface area (Å²) < 4.78 is 0. The van der Waals surface area contributed by atoms with Crippen LogP contribution >= 0.6 is 0 Å². The molecule has 0 atom stereocenters. The number of anilines is 1. The zero-order valence-corrected chi connectivity index (χ0v) is 16.5. The number of carbonyl (C=O) groups is 2. The number of hydrogen-bond donors (Lipinski definition) is 1. The summed E-state index contributed by atoms with van der Waals surface area (Å²) >= 11 is 0. The van der Waals surface area contributed by atoms with Crippen molar-refractivity contribution in [2.75, 3.05) is 38.0 Å². The molecule has 0 saturated carbocycles. The van der Waals surface area contributed by atoms with Crippen LogP contribution in [0.2, 0.25) is 0 Å². The van der Waals surface area contributed by atoms with Gasteiger partial charge in [-0.1, -0.05) is 48.5 Å². The van der Waals surface area contributed by atoms with Gasteiger partial charge < -0.3 is 10.2 Å². The molecule has 0 radical (unpaired) electrons.